The number of nitrogens with zero attached hydrogens (tertiary/aromatic N) is 1. The van der Waals surface area contributed by atoms with E-state index in [0.717, 1.165) is 37.2 Å². The summed E-state index contributed by atoms with van der Waals surface area (Å²) in [7, 11) is 0. The number of carbonyl (C=O) groups is 3. The third-order valence-corrected chi connectivity index (χ3v) is 7.27. The number of nitrogens with one attached hydrogen (secondary N) is 3. The van der Waals surface area contributed by atoms with Crippen molar-refractivity contribution in [2.75, 3.05) is 13.1 Å². The fourth-order valence-corrected chi connectivity index (χ4v) is 5.56. The maximum absolute atomic E-state index is 12.8. The van der Waals surface area contributed by atoms with Crippen LogP contribution in [0.4, 0.5) is 4.79 Å². The highest BCUT2D eigenvalue weighted by molar-refractivity contribution is 7.10. The van der Waals surface area contributed by atoms with Gasteiger partial charge >= 0.3 is 6.03 Å². The molecule has 4 amide bonds. The molecule has 3 aliphatic rings. The molecule has 0 aromatic carbocycles. The summed E-state index contributed by atoms with van der Waals surface area (Å²) in [6, 6.07) is 3.97. The molecule has 1 spiro atoms. The number of amides is 4. The van der Waals surface area contributed by atoms with Crippen LogP contribution in [0, 0.1) is 5.92 Å². The Hall–Kier alpha value is -1.93. The summed E-state index contributed by atoms with van der Waals surface area (Å²) in [5.74, 6) is -0.0194. The summed E-state index contributed by atoms with van der Waals surface area (Å²) in [5, 5.41) is 5.81. The Kier molecular flexibility index (Phi) is 4.94. The van der Waals surface area contributed by atoms with Crippen molar-refractivity contribution in [3.05, 3.63) is 22.4 Å². The lowest BCUT2D eigenvalue weighted by Crippen LogP contribution is -3.11. The molecule has 1 aromatic heterocycles. The molecule has 3 heterocycles. The number of quaternary nitrogens is 1. The van der Waals surface area contributed by atoms with Crippen molar-refractivity contribution in [3.63, 3.8) is 0 Å². The first-order chi connectivity index (χ1) is 13.0. The van der Waals surface area contributed by atoms with Gasteiger partial charge in [-0.1, -0.05) is 13.0 Å². The molecule has 8 heteroatoms. The molecule has 3 N–H and O–H groups in total. The first-order valence-corrected chi connectivity index (χ1v) is 10.7. The molecular formula is C19H27N4O3S+. The van der Waals surface area contributed by atoms with Crippen molar-refractivity contribution in [3.8, 4) is 0 Å². The standard InChI is InChI=1S/C19H26N4O3S/c1-13-6-8-19(9-7-13)17(25)23(18(26)20-19)21-16(24)12-22-10-2-4-14(22)15-5-3-11-27-15/h3,5,11,13-14H,2,4,6-10,12H2,1H3,(H,20,26)(H,21,24)/p+1/t13?,14-,19?/m0/s1. The third kappa shape index (κ3) is 3.48. The zero-order valence-corrected chi connectivity index (χ0v) is 16.4. The molecule has 2 saturated heterocycles. The highest BCUT2D eigenvalue weighted by Gasteiger charge is 2.53. The summed E-state index contributed by atoms with van der Waals surface area (Å²) < 4.78 is 0. The van der Waals surface area contributed by atoms with Crippen molar-refractivity contribution in [2.24, 2.45) is 5.92 Å². The molecule has 3 fully saturated rings. The molecule has 1 aromatic rings. The van der Waals surface area contributed by atoms with Crippen LogP contribution in [0.2, 0.25) is 0 Å². The van der Waals surface area contributed by atoms with Crippen molar-refractivity contribution >= 4 is 29.2 Å². The Bertz CT molecular complexity index is 727. The molecule has 2 aliphatic heterocycles. The molecule has 0 radical (unpaired) electrons. The second kappa shape index (κ2) is 7.24. The fourth-order valence-electron chi connectivity index (χ4n) is 4.64. The lowest BCUT2D eigenvalue weighted by molar-refractivity contribution is -0.910. The lowest BCUT2D eigenvalue weighted by atomic mass is 9.77. The second-order valence-electron chi connectivity index (χ2n) is 8.17. The van der Waals surface area contributed by atoms with Crippen molar-refractivity contribution < 1.29 is 19.3 Å². The average Bonchev–Trinajstić information content (AvgIpc) is 3.36. The minimum Gasteiger partial charge on any atom is -0.322 e. The number of hydrogen-bond donors (Lipinski definition) is 3. The van der Waals surface area contributed by atoms with Crippen LogP contribution >= 0.6 is 11.3 Å². The maximum Gasteiger partial charge on any atom is 0.344 e. The SMILES string of the molecule is CC1CCC2(CC1)NC(=O)N(NC(=O)C[NH+]1CCC[C@H]1c1cccs1)C2=O. The van der Waals surface area contributed by atoms with E-state index in [9.17, 15) is 14.4 Å². The highest BCUT2D eigenvalue weighted by Crippen LogP contribution is 2.35. The van der Waals surface area contributed by atoms with Crippen LogP contribution in [0.3, 0.4) is 0 Å². The van der Waals surface area contributed by atoms with Crippen LogP contribution in [0.25, 0.3) is 0 Å². The topological polar surface area (TPSA) is 83.0 Å². The zero-order chi connectivity index (χ0) is 19.0. The lowest BCUT2D eigenvalue weighted by Gasteiger charge is -2.33. The van der Waals surface area contributed by atoms with Gasteiger partial charge in [0.05, 0.1) is 11.4 Å². The Morgan fingerprint density at radius 3 is 2.85 bits per heavy atom. The molecule has 2 atom stereocenters. The molecule has 7 nitrogen and oxygen atoms in total. The van der Waals surface area contributed by atoms with Crippen LogP contribution < -0.4 is 15.6 Å². The fraction of sp³-hybridized carbons (Fsp3) is 0.632. The number of hydrogen-bond acceptors (Lipinski definition) is 4. The van der Waals surface area contributed by atoms with Gasteiger partial charge in [-0.3, -0.25) is 15.0 Å². The number of hydrazine groups is 1. The number of urea groups is 1. The summed E-state index contributed by atoms with van der Waals surface area (Å²) in [5.41, 5.74) is 1.75. The number of thiophene rings is 1. The van der Waals surface area contributed by atoms with E-state index in [1.54, 1.807) is 11.3 Å². The van der Waals surface area contributed by atoms with Gasteiger partial charge < -0.3 is 10.2 Å². The second-order valence-corrected chi connectivity index (χ2v) is 9.14. The Morgan fingerprint density at radius 1 is 1.37 bits per heavy atom. The Morgan fingerprint density at radius 2 is 2.15 bits per heavy atom. The van der Waals surface area contributed by atoms with Crippen molar-refractivity contribution in [2.45, 2.75) is 57.0 Å². The van der Waals surface area contributed by atoms with Gasteiger partial charge in [0.1, 0.15) is 11.6 Å². The predicted molar refractivity (Wildman–Crippen MR) is 101 cm³/mol. The quantitative estimate of drug-likeness (QED) is 0.670. The van der Waals surface area contributed by atoms with Gasteiger partial charge in [-0.25, -0.2) is 4.79 Å². The third-order valence-electron chi connectivity index (χ3n) is 6.28. The number of carbonyl (C=O) groups excluding carboxylic acids is 3. The molecule has 0 bridgehead atoms. The molecule has 146 valence electrons. The minimum absolute atomic E-state index is 0.268. The van der Waals surface area contributed by atoms with Crippen LogP contribution in [0.5, 0.6) is 0 Å². The Labute approximate surface area is 163 Å². The number of rotatable bonds is 4. The number of imide groups is 1. The van der Waals surface area contributed by atoms with Crippen molar-refractivity contribution in [1.29, 1.82) is 0 Å². The van der Waals surface area contributed by atoms with E-state index < -0.39 is 11.6 Å². The summed E-state index contributed by atoms with van der Waals surface area (Å²) in [4.78, 5) is 40.3. The van der Waals surface area contributed by atoms with Crippen LogP contribution in [-0.4, -0.2) is 41.5 Å². The molecule has 1 saturated carbocycles. The van der Waals surface area contributed by atoms with E-state index in [2.05, 4.69) is 29.1 Å². The zero-order valence-electron chi connectivity index (χ0n) is 15.6. The molecular weight excluding hydrogens is 364 g/mol. The van der Waals surface area contributed by atoms with Gasteiger partial charge in [0.2, 0.25) is 0 Å². The van der Waals surface area contributed by atoms with Gasteiger partial charge in [-0.2, -0.15) is 5.01 Å². The highest BCUT2D eigenvalue weighted by atomic mass is 32.1. The normalized spacial score (nSPS) is 33.5. The predicted octanol–water partition coefficient (Wildman–Crippen LogP) is 1.000. The first-order valence-electron chi connectivity index (χ1n) is 9.83. The van der Waals surface area contributed by atoms with E-state index in [1.165, 1.54) is 9.78 Å². The number of likely N-dealkylation sites (tertiary alicyclic amines) is 1. The van der Waals surface area contributed by atoms with Gasteiger partial charge in [-0.15, -0.1) is 11.3 Å². The molecule has 4 rings (SSSR count). The van der Waals surface area contributed by atoms with E-state index in [1.807, 2.05) is 6.07 Å². The van der Waals surface area contributed by atoms with Crippen LogP contribution in [0.1, 0.15) is 56.4 Å². The minimum atomic E-state index is -0.823. The molecule has 1 aliphatic carbocycles. The van der Waals surface area contributed by atoms with Gasteiger partial charge in [0.25, 0.3) is 11.8 Å². The van der Waals surface area contributed by atoms with E-state index in [0.29, 0.717) is 24.8 Å². The van der Waals surface area contributed by atoms with Gasteiger partial charge in [-0.05, 0) is 43.0 Å². The van der Waals surface area contributed by atoms with E-state index in [-0.39, 0.29) is 18.4 Å². The van der Waals surface area contributed by atoms with E-state index in [4.69, 9.17) is 0 Å². The summed E-state index contributed by atoms with van der Waals surface area (Å²) in [6.07, 6.45) is 5.25. The van der Waals surface area contributed by atoms with Crippen LogP contribution in [-0.2, 0) is 9.59 Å². The first kappa shape index (κ1) is 18.4. The summed E-state index contributed by atoms with van der Waals surface area (Å²) in [6.45, 7) is 3.36. The van der Waals surface area contributed by atoms with Gasteiger partial charge in [0, 0.05) is 12.8 Å². The van der Waals surface area contributed by atoms with Crippen molar-refractivity contribution in [1.82, 2.24) is 15.8 Å². The van der Waals surface area contributed by atoms with Gasteiger partial charge in [0.15, 0.2) is 6.54 Å². The smallest absolute Gasteiger partial charge is 0.322 e. The van der Waals surface area contributed by atoms with E-state index >= 15 is 0 Å². The average molecular weight is 392 g/mol. The monoisotopic (exact) mass is 391 g/mol. The van der Waals surface area contributed by atoms with Crippen LogP contribution in [0.15, 0.2) is 17.5 Å². The largest absolute Gasteiger partial charge is 0.344 e. The maximum atomic E-state index is 12.8. The Balaban J connectivity index is 1.38. The molecule has 27 heavy (non-hydrogen) atoms. The summed E-state index contributed by atoms with van der Waals surface area (Å²) >= 11 is 1.72. The molecule has 1 unspecified atom stereocenters.